The monoisotopic (exact) mass is 494 g/mol. The fourth-order valence-corrected chi connectivity index (χ4v) is 5.31. The van der Waals surface area contributed by atoms with Crippen LogP contribution in [0.2, 0.25) is 5.02 Å². The van der Waals surface area contributed by atoms with Crippen molar-refractivity contribution < 1.29 is 28.7 Å². The van der Waals surface area contributed by atoms with E-state index >= 15 is 0 Å². The molecule has 1 aliphatic carbocycles. The number of carbonyl (C=O) groups excluding carboxylic acids is 4. The fourth-order valence-electron chi connectivity index (χ4n) is 4.93. The van der Waals surface area contributed by atoms with E-state index in [0.29, 0.717) is 31.6 Å². The van der Waals surface area contributed by atoms with Gasteiger partial charge in [0.15, 0.2) is 0 Å². The zero-order chi connectivity index (χ0) is 25.3. The maximum atomic E-state index is 13.0. The summed E-state index contributed by atoms with van der Waals surface area (Å²) >= 11 is 6.37. The highest BCUT2D eigenvalue weighted by molar-refractivity contribution is 6.47. The van der Waals surface area contributed by atoms with Crippen LogP contribution in [0.25, 0.3) is 0 Å². The van der Waals surface area contributed by atoms with Gasteiger partial charge in [-0.05, 0) is 70.6 Å². The lowest BCUT2D eigenvalue weighted by molar-refractivity contribution is -0.156. The van der Waals surface area contributed by atoms with Crippen LogP contribution in [0.1, 0.15) is 92.8 Å². The number of esters is 2. The molecule has 0 saturated heterocycles. The van der Waals surface area contributed by atoms with E-state index in [1.165, 1.54) is 7.11 Å². The molecule has 0 radical (unpaired) electrons. The summed E-state index contributed by atoms with van der Waals surface area (Å²) < 4.78 is 11.9. The number of amides is 1. The second kappa shape index (κ2) is 10.1. The minimum atomic E-state index is -0.745. The number of halogens is 1. The van der Waals surface area contributed by atoms with Crippen LogP contribution in [0.5, 0.6) is 0 Å². The number of carbonyl (C=O) groups is 4. The van der Waals surface area contributed by atoms with Gasteiger partial charge < -0.3 is 19.4 Å². The number of Topliss-reactive ketones (excluding diaryl/α,β-unsaturated/α-hetero) is 1. The van der Waals surface area contributed by atoms with Crippen LogP contribution < -0.4 is 5.32 Å². The normalized spacial score (nSPS) is 22.1. The lowest BCUT2D eigenvalue weighted by Crippen LogP contribution is -2.41. The Bertz CT molecular complexity index is 983. The van der Waals surface area contributed by atoms with Gasteiger partial charge in [0.2, 0.25) is 0 Å². The molecule has 188 valence electrons. The number of aromatic nitrogens is 1. The van der Waals surface area contributed by atoms with Crippen molar-refractivity contribution >= 4 is 35.2 Å². The molecule has 1 aliphatic heterocycles. The summed E-state index contributed by atoms with van der Waals surface area (Å²) in [6.07, 6.45) is 5.16. The number of ether oxygens (including phenoxy) is 2. The minimum absolute atomic E-state index is 0.0180. The molecule has 8 nitrogen and oxygen atoms in total. The molecule has 1 fully saturated rings. The summed E-state index contributed by atoms with van der Waals surface area (Å²) in [5, 5.41) is 2.76. The predicted molar refractivity (Wildman–Crippen MR) is 127 cm³/mol. The van der Waals surface area contributed by atoms with Gasteiger partial charge in [-0.3, -0.25) is 14.4 Å². The summed E-state index contributed by atoms with van der Waals surface area (Å²) in [6, 6.07) is 0. The smallest absolute Gasteiger partial charge is 0.341 e. The first kappa shape index (κ1) is 26.3. The maximum Gasteiger partial charge on any atom is 0.341 e. The van der Waals surface area contributed by atoms with Crippen LogP contribution in [0.4, 0.5) is 0 Å². The lowest BCUT2D eigenvalue weighted by Gasteiger charge is -2.37. The van der Waals surface area contributed by atoms with Gasteiger partial charge in [0.1, 0.15) is 11.3 Å². The van der Waals surface area contributed by atoms with Gasteiger partial charge >= 0.3 is 11.9 Å². The third-order valence-corrected chi connectivity index (χ3v) is 7.15. The molecule has 0 atom stereocenters. The van der Waals surface area contributed by atoms with Crippen molar-refractivity contribution in [1.29, 1.82) is 0 Å². The molecule has 34 heavy (non-hydrogen) atoms. The Morgan fingerprint density at radius 1 is 1.18 bits per heavy atom. The first-order chi connectivity index (χ1) is 15.8. The van der Waals surface area contributed by atoms with Crippen molar-refractivity contribution in [2.45, 2.75) is 84.8 Å². The number of ketones is 1. The largest absolute Gasteiger partial charge is 0.465 e. The van der Waals surface area contributed by atoms with Gasteiger partial charge in [0, 0.05) is 25.2 Å². The third-order valence-electron chi connectivity index (χ3n) is 6.78. The van der Waals surface area contributed by atoms with E-state index in [1.807, 2.05) is 20.8 Å². The molecule has 2 aliphatic rings. The molecule has 1 N–H and O–H groups in total. The Kier molecular flexibility index (Phi) is 7.80. The van der Waals surface area contributed by atoms with Crippen LogP contribution >= 0.6 is 11.6 Å². The Hall–Kier alpha value is -2.35. The van der Waals surface area contributed by atoms with Gasteiger partial charge in [-0.15, -0.1) is 0 Å². The van der Waals surface area contributed by atoms with E-state index in [1.54, 1.807) is 4.57 Å². The molecule has 1 aromatic rings. The highest BCUT2D eigenvalue weighted by Gasteiger charge is 2.37. The van der Waals surface area contributed by atoms with E-state index < -0.39 is 23.3 Å². The topological polar surface area (TPSA) is 104 Å². The van der Waals surface area contributed by atoms with Gasteiger partial charge in [-0.1, -0.05) is 18.5 Å². The Balaban J connectivity index is 1.58. The molecule has 1 saturated carbocycles. The predicted octanol–water partition coefficient (Wildman–Crippen LogP) is 4.10. The molecule has 1 aromatic heterocycles. The van der Waals surface area contributed by atoms with Gasteiger partial charge in [0.25, 0.3) is 11.7 Å². The maximum absolute atomic E-state index is 13.0. The number of hydrogen-bond acceptors (Lipinski definition) is 6. The van der Waals surface area contributed by atoms with Crippen LogP contribution in [0.15, 0.2) is 0 Å². The van der Waals surface area contributed by atoms with Crippen molar-refractivity contribution in [3.63, 3.8) is 0 Å². The zero-order valence-electron chi connectivity index (χ0n) is 20.7. The van der Waals surface area contributed by atoms with Crippen molar-refractivity contribution in [1.82, 2.24) is 9.88 Å². The average molecular weight is 495 g/mol. The van der Waals surface area contributed by atoms with Gasteiger partial charge in [-0.2, -0.15) is 0 Å². The summed E-state index contributed by atoms with van der Waals surface area (Å²) in [5.41, 5.74) is 0.217. The molecule has 0 spiro atoms. The molecule has 1 amide bonds. The molecule has 0 aromatic carbocycles. The molecule has 0 bridgehead atoms. The minimum Gasteiger partial charge on any atom is -0.465 e. The summed E-state index contributed by atoms with van der Waals surface area (Å²) in [6.45, 7) is 8.54. The molecule has 0 unspecified atom stereocenters. The van der Waals surface area contributed by atoms with Crippen LogP contribution in [0.3, 0.4) is 0 Å². The van der Waals surface area contributed by atoms with Crippen molar-refractivity contribution in [3.8, 4) is 0 Å². The molecular weight excluding hydrogens is 460 g/mol. The van der Waals surface area contributed by atoms with E-state index in [9.17, 15) is 19.2 Å². The molecule has 3 rings (SSSR count). The Morgan fingerprint density at radius 2 is 1.82 bits per heavy atom. The molecule has 9 heteroatoms. The zero-order valence-corrected chi connectivity index (χ0v) is 21.5. The van der Waals surface area contributed by atoms with Crippen molar-refractivity contribution in [3.05, 3.63) is 22.0 Å². The number of nitrogens with one attached hydrogen (secondary N) is 1. The second-order valence-corrected chi connectivity index (χ2v) is 11.2. The first-order valence-corrected chi connectivity index (χ1v) is 12.3. The van der Waals surface area contributed by atoms with E-state index in [0.717, 1.165) is 32.1 Å². The summed E-state index contributed by atoms with van der Waals surface area (Å²) in [5.74, 6) is -2.00. The number of rotatable bonds is 7. The van der Waals surface area contributed by atoms with Crippen LogP contribution in [-0.4, -0.2) is 47.5 Å². The molecular formula is C25H35ClN2O6. The number of nitrogens with zero attached hydrogens (tertiary/aromatic N) is 1. The van der Waals surface area contributed by atoms with E-state index in [4.69, 9.17) is 21.1 Å². The quantitative estimate of drug-likeness (QED) is 0.347. The Labute approximate surface area is 205 Å². The number of fused-ring (bicyclic) bond motifs is 1. The van der Waals surface area contributed by atoms with Crippen LogP contribution in [0, 0.1) is 11.3 Å². The van der Waals surface area contributed by atoms with Gasteiger partial charge in [-0.25, -0.2) is 4.79 Å². The number of hydrogen-bond donors (Lipinski definition) is 1. The third kappa shape index (κ3) is 5.82. The van der Waals surface area contributed by atoms with E-state index in [2.05, 4.69) is 12.2 Å². The van der Waals surface area contributed by atoms with E-state index in [-0.39, 0.29) is 33.6 Å². The summed E-state index contributed by atoms with van der Waals surface area (Å²) in [7, 11) is 1.26. The van der Waals surface area contributed by atoms with Crippen molar-refractivity contribution in [2.75, 3.05) is 13.7 Å². The highest BCUT2D eigenvalue weighted by Crippen LogP contribution is 2.40. The fraction of sp³-hybridized carbons (Fsp3) is 0.680. The number of methoxy groups -OCH3 is 1. The lowest BCUT2D eigenvalue weighted by atomic mass is 9.71. The van der Waals surface area contributed by atoms with Crippen molar-refractivity contribution in [2.24, 2.45) is 11.3 Å². The SMILES string of the molecule is COC(=O)c1c(Cl)c(C(=O)C(=O)NCC2(C)CCC(CC(=O)OC(C)(C)C)CC2)n2c1CCC2. The standard InChI is InChI=1S/C25H35ClN2O6/c1-24(2,3)34-17(29)13-15-8-10-25(4,11-9-15)14-27-22(31)21(30)20-19(26)18(23(32)33-5)16-7-6-12-28(16)20/h15H,6-14H2,1-5H3,(H,27,31). The highest BCUT2D eigenvalue weighted by atomic mass is 35.5. The first-order valence-electron chi connectivity index (χ1n) is 11.9. The Morgan fingerprint density at radius 3 is 2.41 bits per heavy atom. The van der Waals surface area contributed by atoms with Gasteiger partial charge in [0.05, 0.1) is 17.7 Å². The molecule has 2 heterocycles. The average Bonchev–Trinajstić information content (AvgIpc) is 3.31. The van der Waals surface area contributed by atoms with Crippen LogP contribution in [-0.2, 0) is 32.0 Å². The summed E-state index contributed by atoms with van der Waals surface area (Å²) in [4.78, 5) is 50.1. The second-order valence-electron chi connectivity index (χ2n) is 10.8.